The average Bonchev–Trinajstić information content (AvgIpc) is 2.98. The molecule has 0 aliphatic heterocycles. The summed E-state index contributed by atoms with van der Waals surface area (Å²) in [4.78, 5) is 11.7. The van der Waals surface area contributed by atoms with Gasteiger partial charge in [-0.25, -0.2) is 4.79 Å². The van der Waals surface area contributed by atoms with Crippen molar-refractivity contribution in [1.82, 2.24) is 20.4 Å². The molecule has 23 heavy (non-hydrogen) atoms. The number of aromatic nitrogens is 2. The number of amides is 2. The SMILES string of the molecule is COc1ccc(CCNC(=O)NCc2cnn(C)c2)cc1OC. The third kappa shape index (κ3) is 4.91. The molecule has 1 aromatic carbocycles. The number of methoxy groups -OCH3 is 2. The van der Waals surface area contributed by atoms with E-state index in [1.807, 2.05) is 31.4 Å². The van der Waals surface area contributed by atoms with E-state index in [1.54, 1.807) is 25.1 Å². The van der Waals surface area contributed by atoms with E-state index in [-0.39, 0.29) is 6.03 Å². The molecule has 1 aromatic heterocycles. The number of hydrogen-bond acceptors (Lipinski definition) is 4. The third-order valence-electron chi connectivity index (χ3n) is 3.36. The fourth-order valence-corrected chi connectivity index (χ4v) is 2.16. The lowest BCUT2D eigenvalue weighted by molar-refractivity contribution is 0.240. The zero-order valence-electron chi connectivity index (χ0n) is 13.6. The molecule has 124 valence electrons. The Bertz CT molecular complexity index is 655. The summed E-state index contributed by atoms with van der Waals surface area (Å²) in [6.45, 7) is 0.990. The van der Waals surface area contributed by atoms with Crippen molar-refractivity contribution >= 4 is 6.03 Å². The van der Waals surface area contributed by atoms with Crippen molar-refractivity contribution in [3.63, 3.8) is 0 Å². The summed E-state index contributed by atoms with van der Waals surface area (Å²) in [6, 6.07) is 5.52. The maximum absolute atomic E-state index is 11.7. The summed E-state index contributed by atoms with van der Waals surface area (Å²) in [5, 5.41) is 9.67. The van der Waals surface area contributed by atoms with Gasteiger partial charge in [0.25, 0.3) is 0 Å². The number of carbonyl (C=O) groups is 1. The van der Waals surface area contributed by atoms with Gasteiger partial charge in [-0.15, -0.1) is 0 Å². The van der Waals surface area contributed by atoms with Crippen molar-refractivity contribution in [3.05, 3.63) is 41.7 Å². The van der Waals surface area contributed by atoms with Crippen LogP contribution in [0, 0.1) is 0 Å². The van der Waals surface area contributed by atoms with Crippen molar-refractivity contribution in [1.29, 1.82) is 0 Å². The van der Waals surface area contributed by atoms with Gasteiger partial charge in [-0.2, -0.15) is 5.10 Å². The Morgan fingerprint density at radius 3 is 2.61 bits per heavy atom. The molecule has 2 rings (SSSR count). The van der Waals surface area contributed by atoms with Gasteiger partial charge in [0.05, 0.1) is 20.4 Å². The number of carbonyl (C=O) groups excluding carboxylic acids is 1. The Balaban J connectivity index is 1.74. The molecule has 7 heteroatoms. The monoisotopic (exact) mass is 318 g/mol. The highest BCUT2D eigenvalue weighted by molar-refractivity contribution is 5.73. The van der Waals surface area contributed by atoms with Gasteiger partial charge in [0.2, 0.25) is 0 Å². The smallest absolute Gasteiger partial charge is 0.315 e. The summed E-state index contributed by atoms with van der Waals surface area (Å²) in [6.07, 6.45) is 4.30. The summed E-state index contributed by atoms with van der Waals surface area (Å²) in [5.74, 6) is 1.38. The number of nitrogens with one attached hydrogen (secondary N) is 2. The Morgan fingerprint density at radius 2 is 1.96 bits per heavy atom. The van der Waals surface area contributed by atoms with E-state index < -0.39 is 0 Å². The van der Waals surface area contributed by atoms with Crippen molar-refractivity contribution in [3.8, 4) is 11.5 Å². The predicted molar refractivity (Wildman–Crippen MR) is 86.7 cm³/mol. The standard InChI is InChI=1S/C16H22N4O3/c1-20-11-13(10-19-20)9-18-16(21)17-7-6-12-4-5-14(22-2)15(8-12)23-3/h4-5,8,10-11H,6-7,9H2,1-3H3,(H2,17,18,21). The van der Waals surface area contributed by atoms with E-state index in [1.165, 1.54) is 0 Å². The minimum absolute atomic E-state index is 0.200. The van der Waals surface area contributed by atoms with Gasteiger partial charge in [0.1, 0.15) is 0 Å². The highest BCUT2D eigenvalue weighted by atomic mass is 16.5. The number of rotatable bonds is 7. The molecule has 0 aliphatic rings. The first-order chi connectivity index (χ1) is 11.1. The molecule has 0 atom stereocenters. The summed E-state index contributed by atoms with van der Waals surface area (Å²) >= 11 is 0. The van der Waals surface area contributed by atoms with Gasteiger partial charge in [0.15, 0.2) is 11.5 Å². The minimum Gasteiger partial charge on any atom is -0.493 e. The molecular formula is C16H22N4O3. The van der Waals surface area contributed by atoms with Gasteiger partial charge in [-0.05, 0) is 24.1 Å². The molecule has 0 fully saturated rings. The number of aryl methyl sites for hydroxylation is 1. The topological polar surface area (TPSA) is 77.4 Å². The lowest BCUT2D eigenvalue weighted by Crippen LogP contribution is -2.36. The average molecular weight is 318 g/mol. The molecule has 0 saturated heterocycles. The second kappa shape index (κ2) is 8.07. The van der Waals surface area contributed by atoms with Crippen LogP contribution in [0.4, 0.5) is 4.79 Å². The summed E-state index contributed by atoms with van der Waals surface area (Å²) < 4.78 is 12.2. The second-order valence-corrected chi connectivity index (χ2v) is 5.07. The second-order valence-electron chi connectivity index (χ2n) is 5.07. The lowest BCUT2D eigenvalue weighted by atomic mass is 10.1. The third-order valence-corrected chi connectivity index (χ3v) is 3.36. The fourth-order valence-electron chi connectivity index (χ4n) is 2.16. The first-order valence-corrected chi connectivity index (χ1v) is 7.32. The number of benzene rings is 1. The number of urea groups is 1. The Morgan fingerprint density at radius 1 is 1.17 bits per heavy atom. The van der Waals surface area contributed by atoms with Crippen LogP contribution in [-0.4, -0.2) is 36.6 Å². The van der Waals surface area contributed by atoms with Crippen LogP contribution < -0.4 is 20.1 Å². The van der Waals surface area contributed by atoms with Crippen LogP contribution in [-0.2, 0) is 20.0 Å². The maximum atomic E-state index is 11.7. The minimum atomic E-state index is -0.200. The maximum Gasteiger partial charge on any atom is 0.315 e. The van der Waals surface area contributed by atoms with Crippen molar-refractivity contribution in [2.24, 2.45) is 7.05 Å². The predicted octanol–water partition coefficient (Wildman–Crippen LogP) is 1.48. The van der Waals surface area contributed by atoms with Crippen LogP contribution in [0.3, 0.4) is 0 Å². The van der Waals surface area contributed by atoms with Gasteiger partial charge in [-0.3, -0.25) is 4.68 Å². The normalized spacial score (nSPS) is 10.2. The molecule has 2 amide bonds. The van der Waals surface area contributed by atoms with Gasteiger partial charge in [-0.1, -0.05) is 6.07 Å². The van der Waals surface area contributed by atoms with Crippen LogP contribution in [0.25, 0.3) is 0 Å². The molecule has 1 heterocycles. The van der Waals surface area contributed by atoms with E-state index in [4.69, 9.17) is 9.47 Å². The number of nitrogens with zero attached hydrogens (tertiary/aromatic N) is 2. The Labute approximate surface area is 135 Å². The first-order valence-electron chi connectivity index (χ1n) is 7.32. The molecule has 0 radical (unpaired) electrons. The van der Waals surface area contributed by atoms with Crippen molar-refractivity contribution in [2.45, 2.75) is 13.0 Å². The number of ether oxygens (including phenoxy) is 2. The molecule has 7 nitrogen and oxygen atoms in total. The summed E-state index contributed by atoms with van der Waals surface area (Å²) in [5.41, 5.74) is 2.03. The van der Waals surface area contributed by atoms with Crippen LogP contribution in [0.15, 0.2) is 30.6 Å². The van der Waals surface area contributed by atoms with E-state index in [0.717, 1.165) is 11.1 Å². The molecule has 0 bridgehead atoms. The molecule has 2 N–H and O–H groups in total. The van der Waals surface area contributed by atoms with Crippen LogP contribution in [0.5, 0.6) is 11.5 Å². The molecule has 2 aromatic rings. The molecule has 0 spiro atoms. The fraction of sp³-hybridized carbons (Fsp3) is 0.375. The zero-order chi connectivity index (χ0) is 16.7. The van der Waals surface area contributed by atoms with Gasteiger partial charge < -0.3 is 20.1 Å². The van der Waals surface area contributed by atoms with Gasteiger partial charge >= 0.3 is 6.03 Å². The highest BCUT2D eigenvalue weighted by Gasteiger charge is 2.05. The first kappa shape index (κ1) is 16.7. The zero-order valence-corrected chi connectivity index (χ0v) is 13.6. The molecule has 0 unspecified atom stereocenters. The Hall–Kier alpha value is -2.70. The van der Waals surface area contributed by atoms with Crippen molar-refractivity contribution in [2.75, 3.05) is 20.8 Å². The van der Waals surface area contributed by atoms with Crippen molar-refractivity contribution < 1.29 is 14.3 Å². The van der Waals surface area contributed by atoms with E-state index in [0.29, 0.717) is 31.0 Å². The summed E-state index contributed by atoms with van der Waals surface area (Å²) in [7, 11) is 5.05. The molecular weight excluding hydrogens is 296 g/mol. The highest BCUT2D eigenvalue weighted by Crippen LogP contribution is 2.27. The molecule has 0 saturated carbocycles. The quantitative estimate of drug-likeness (QED) is 0.810. The van der Waals surface area contributed by atoms with Crippen LogP contribution in [0.1, 0.15) is 11.1 Å². The van der Waals surface area contributed by atoms with E-state index in [9.17, 15) is 4.79 Å². The van der Waals surface area contributed by atoms with E-state index in [2.05, 4.69) is 15.7 Å². The molecule has 0 aliphatic carbocycles. The van der Waals surface area contributed by atoms with E-state index >= 15 is 0 Å². The largest absolute Gasteiger partial charge is 0.493 e. The number of hydrogen-bond donors (Lipinski definition) is 2. The van der Waals surface area contributed by atoms with Gasteiger partial charge in [0, 0.05) is 31.9 Å². The van der Waals surface area contributed by atoms with Crippen LogP contribution in [0.2, 0.25) is 0 Å². The Kier molecular flexibility index (Phi) is 5.85. The van der Waals surface area contributed by atoms with Crippen LogP contribution >= 0.6 is 0 Å². The lowest BCUT2D eigenvalue weighted by Gasteiger charge is -2.10.